The average molecular weight is 884 g/mol. The molecule has 0 aromatic heterocycles. The number of nitrogens with one attached hydrogen (secondary N) is 1. The summed E-state index contributed by atoms with van der Waals surface area (Å²) in [6, 6.07) is -0.767. The SMILES string of the molecule is CC/C=C\C/C=C\C/C=C\C/C=C\C/C=C\C/C=C\C(CC(=O)NC(CO)C(O)CCCCCCCCCCCCCCCCC)OC(=O)CCC/C=C/C=C\C=C/C=C/C=C/CC. The van der Waals surface area contributed by atoms with Gasteiger partial charge in [-0.1, -0.05) is 245 Å². The Morgan fingerprint density at radius 2 is 0.922 bits per heavy atom. The Morgan fingerprint density at radius 3 is 1.39 bits per heavy atom. The third-order valence-corrected chi connectivity index (χ3v) is 10.6. The molecule has 0 rings (SSSR count). The van der Waals surface area contributed by atoms with Crippen LogP contribution in [0.25, 0.3) is 0 Å². The van der Waals surface area contributed by atoms with E-state index in [0.717, 1.165) is 64.2 Å². The van der Waals surface area contributed by atoms with Gasteiger partial charge in [-0.05, 0) is 70.3 Å². The Morgan fingerprint density at radius 1 is 0.500 bits per heavy atom. The molecule has 3 unspecified atom stereocenters. The molecule has 0 saturated carbocycles. The highest BCUT2D eigenvalue weighted by Gasteiger charge is 2.23. The highest BCUT2D eigenvalue weighted by molar-refractivity contribution is 5.78. The largest absolute Gasteiger partial charge is 0.458 e. The van der Waals surface area contributed by atoms with Crippen molar-refractivity contribution in [1.29, 1.82) is 0 Å². The Hall–Kier alpha value is -4.00. The van der Waals surface area contributed by atoms with Crippen molar-refractivity contribution in [2.45, 2.75) is 212 Å². The summed E-state index contributed by atoms with van der Waals surface area (Å²) < 4.78 is 5.77. The van der Waals surface area contributed by atoms with Crippen LogP contribution in [0, 0.1) is 0 Å². The first-order valence-corrected chi connectivity index (χ1v) is 25.5. The van der Waals surface area contributed by atoms with Crippen LogP contribution in [0.1, 0.15) is 194 Å². The van der Waals surface area contributed by atoms with Gasteiger partial charge in [-0.2, -0.15) is 0 Å². The van der Waals surface area contributed by atoms with Crippen LogP contribution in [0.15, 0.2) is 134 Å². The molecule has 0 saturated heterocycles. The Bertz CT molecular complexity index is 1410. The van der Waals surface area contributed by atoms with Gasteiger partial charge in [0.25, 0.3) is 0 Å². The molecule has 3 N–H and O–H groups in total. The number of hydrogen-bond donors (Lipinski definition) is 3. The molecule has 0 aliphatic heterocycles. The summed E-state index contributed by atoms with van der Waals surface area (Å²) in [7, 11) is 0. The lowest BCUT2D eigenvalue weighted by Crippen LogP contribution is -2.46. The van der Waals surface area contributed by atoms with E-state index >= 15 is 0 Å². The number of amides is 1. The minimum absolute atomic E-state index is 0.0849. The zero-order chi connectivity index (χ0) is 46.7. The topological polar surface area (TPSA) is 95.9 Å². The number of carbonyl (C=O) groups excluding carboxylic acids is 2. The first-order chi connectivity index (χ1) is 31.5. The van der Waals surface area contributed by atoms with E-state index in [1.807, 2.05) is 60.8 Å². The van der Waals surface area contributed by atoms with E-state index in [2.05, 4.69) is 92.9 Å². The average Bonchev–Trinajstić information content (AvgIpc) is 3.29. The summed E-state index contributed by atoms with van der Waals surface area (Å²) in [5, 5.41) is 23.7. The van der Waals surface area contributed by atoms with E-state index in [9.17, 15) is 19.8 Å². The molecule has 6 nitrogen and oxygen atoms in total. The van der Waals surface area contributed by atoms with Crippen LogP contribution in [0.3, 0.4) is 0 Å². The summed E-state index contributed by atoms with van der Waals surface area (Å²) in [4.78, 5) is 26.0. The van der Waals surface area contributed by atoms with Gasteiger partial charge in [0.05, 0.1) is 25.2 Å². The van der Waals surface area contributed by atoms with Crippen molar-refractivity contribution >= 4 is 11.9 Å². The molecule has 6 heteroatoms. The smallest absolute Gasteiger partial charge is 0.306 e. The maximum absolute atomic E-state index is 13.2. The van der Waals surface area contributed by atoms with Crippen LogP contribution in [-0.2, 0) is 14.3 Å². The van der Waals surface area contributed by atoms with Gasteiger partial charge in [0.15, 0.2) is 0 Å². The monoisotopic (exact) mass is 884 g/mol. The molecular formula is C58H93NO5. The van der Waals surface area contributed by atoms with Crippen molar-refractivity contribution in [1.82, 2.24) is 5.32 Å². The summed E-state index contributed by atoms with van der Waals surface area (Å²) in [5.74, 6) is -0.733. The molecule has 0 bridgehead atoms. The molecule has 0 fully saturated rings. The number of unbranched alkanes of at least 4 members (excludes halogenated alkanes) is 15. The molecule has 0 aliphatic rings. The van der Waals surface area contributed by atoms with Gasteiger partial charge in [-0.15, -0.1) is 0 Å². The molecule has 1 amide bonds. The number of aliphatic hydroxyl groups is 2. The molecular weight excluding hydrogens is 791 g/mol. The summed E-state index contributed by atoms with van der Waals surface area (Å²) in [6.45, 7) is 6.16. The van der Waals surface area contributed by atoms with E-state index in [4.69, 9.17) is 4.74 Å². The van der Waals surface area contributed by atoms with Gasteiger partial charge in [0.1, 0.15) is 6.10 Å². The van der Waals surface area contributed by atoms with E-state index in [1.165, 1.54) is 77.0 Å². The van der Waals surface area contributed by atoms with Crippen LogP contribution in [0.4, 0.5) is 0 Å². The van der Waals surface area contributed by atoms with Gasteiger partial charge in [-0.3, -0.25) is 9.59 Å². The van der Waals surface area contributed by atoms with Gasteiger partial charge in [-0.25, -0.2) is 0 Å². The van der Waals surface area contributed by atoms with Crippen molar-refractivity contribution < 1.29 is 24.5 Å². The van der Waals surface area contributed by atoms with E-state index in [-0.39, 0.29) is 31.3 Å². The molecule has 0 aliphatic carbocycles. The van der Waals surface area contributed by atoms with Crippen molar-refractivity contribution in [2.75, 3.05) is 6.61 Å². The Labute approximate surface area is 393 Å². The van der Waals surface area contributed by atoms with E-state index < -0.39 is 18.2 Å². The number of carbonyl (C=O) groups is 2. The van der Waals surface area contributed by atoms with Gasteiger partial charge in [0.2, 0.25) is 5.91 Å². The predicted molar refractivity (Wildman–Crippen MR) is 277 cm³/mol. The minimum atomic E-state index is -0.841. The molecule has 3 atom stereocenters. The molecule has 0 aromatic carbocycles. The van der Waals surface area contributed by atoms with Crippen LogP contribution in [0.2, 0.25) is 0 Å². The second-order valence-corrected chi connectivity index (χ2v) is 16.6. The lowest BCUT2D eigenvalue weighted by molar-refractivity contribution is -0.148. The van der Waals surface area contributed by atoms with E-state index in [0.29, 0.717) is 19.3 Å². The fraction of sp³-hybridized carbons (Fsp3) is 0.586. The second-order valence-electron chi connectivity index (χ2n) is 16.6. The second kappa shape index (κ2) is 50.0. The highest BCUT2D eigenvalue weighted by atomic mass is 16.5. The number of rotatable bonds is 43. The van der Waals surface area contributed by atoms with Gasteiger partial charge in [0, 0.05) is 6.42 Å². The van der Waals surface area contributed by atoms with Crippen LogP contribution >= 0.6 is 0 Å². The lowest BCUT2D eigenvalue weighted by atomic mass is 10.0. The van der Waals surface area contributed by atoms with Crippen LogP contribution in [-0.4, -0.2) is 46.9 Å². The quantitative estimate of drug-likeness (QED) is 0.0245. The lowest BCUT2D eigenvalue weighted by Gasteiger charge is -2.23. The Kier molecular flexibility index (Phi) is 46.9. The normalized spacial score (nSPS) is 14.4. The van der Waals surface area contributed by atoms with Crippen LogP contribution < -0.4 is 5.32 Å². The fourth-order valence-electron chi connectivity index (χ4n) is 6.81. The molecule has 64 heavy (non-hydrogen) atoms. The number of ether oxygens (including phenoxy) is 1. The van der Waals surface area contributed by atoms with Crippen molar-refractivity contribution in [3.05, 3.63) is 134 Å². The first kappa shape index (κ1) is 60.0. The van der Waals surface area contributed by atoms with Gasteiger partial charge < -0.3 is 20.3 Å². The third kappa shape index (κ3) is 44.6. The fourth-order valence-corrected chi connectivity index (χ4v) is 6.81. The number of allylic oxidation sites excluding steroid dienone is 21. The molecule has 0 spiro atoms. The van der Waals surface area contributed by atoms with Crippen molar-refractivity contribution in [3.8, 4) is 0 Å². The predicted octanol–water partition coefficient (Wildman–Crippen LogP) is 15.4. The molecule has 0 radical (unpaired) electrons. The Balaban J connectivity index is 4.88. The van der Waals surface area contributed by atoms with Crippen molar-refractivity contribution in [2.24, 2.45) is 0 Å². The van der Waals surface area contributed by atoms with Gasteiger partial charge >= 0.3 is 5.97 Å². The number of aliphatic hydroxyl groups excluding tert-OH is 2. The molecule has 360 valence electrons. The zero-order valence-corrected chi connectivity index (χ0v) is 40.9. The molecule has 0 aromatic rings. The number of hydrogen-bond acceptors (Lipinski definition) is 5. The van der Waals surface area contributed by atoms with E-state index in [1.54, 1.807) is 6.08 Å². The standard InChI is InChI=1S/C58H93NO5/c1-4-7-10-13-16-19-22-25-27-28-30-32-34-37-40-43-46-49-54(64-58(63)51-48-45-42-39-36-31-24-21-18-15-12-9-6-3)52-57(62)59-55(53-60)56(61)50-47-44-41-38-35-33-29-26-23-20-17-14-11-8-5-2/h7,9-10,12,15-16,18-19,21,24-25,27,30-32,36-37,39-40,42,46,49,54-56,60-61H,4-6,8,11,13-14,17,20,22-23,26,28-29,33-35,38,41,43-45,47-48,50-53H2,1-3H3,(H,59,62)/b10-7-,12-9+,18-15+,19-16-,24-21-,27-25-,32-30-,36-31-,40-37-,42-39+,49-46-. The summed E-state index contributed by atoms with van der Waals surface area (Å²) >= 11 is 0. The summed E-state index contributed by atoms with van der Waals surface area (Å²) in [5.41, 5.74) is 0. The number of esters is 1. The highest BCUT2D eigenvalue weighted by Crippen LogP contribution is 2.15. The first-order valence-electron chi connectivity index (χ1n) is 25.5. The van der Waals surface area contributed by atoms with Crippen molar-refractivity contribution in [3.63, 3.8) is 0 Å². The maximum atomic E-state index is 13.2. The molecule has 0 heterocycles. The zero-order valence-electron chi connectivity index (χ0n) is 40.9. The summed E-state index contributed by atoms with van der Waals surface area (Å²) in [6.07, 6.45) is 71.2. The minimum Gasteiger partial charge on any atom is -0.458 e. The maximum Gasteiger partial charge on any atom is 0.306 e. The third-order valence-electron chi connectivity index (χ3n) is 10.6. The van der Waals surface area contributed by atoms with Crippen LogP contribution in [0.5, 0.6) is 0 Å².